The van der Waals surface area contributed by atoms with Crippen LogP contribution in [-0.4, -0.2) is 0 Å². The maximum atomic E-state index is 13.6. The van der Waals surface area contributed by atoms with E-state index in [-0.39, 0.29) is 5.82 Å². The zero-order valence-electron chi connectivity index (χ0n) is 11.4. The molecule has 0 fully saturated rings. The Morgan fingerprint density at radius 3 is 2.38 bits per heavy atom. The Bertz CT molecular complexity index is 791. The maximum Gasteiger partial charge on any atom is 0.123 e. The van der Waals surface area contributed by atoms with Gasteiger partial charge in [-0.05, 0) is 47.2 Å². The van der Waals surface area contributed by atoms with Gasteiger partial charge in [0.15, 0.2) is 0 Å². The van der Waals surface area contributed by atoms with Crippen LogP contribution < -0.4 is 0 Å². The van der Waals surface area contributed by atoms with Gasteiger partial charge < -0.3 is 0 Å². The Kier molecular flexibility index (Phi) is 3.88. The second kappa shape index (κ2) is 5.67. The highest BCUT2D eigenvalue weighted by molar-refractivity contribution is 6.36. The second-order valence-corrected chi connectivity index (χ2v) is 5.95. The molecule has 0 amide bonds. The molecule has 0 radical (unpaired) electrons. The third-order valence-electron chi connectivity index (χ3n) is 3.53. The molecule has 0 saturated heterocycles. The fraction of sp³-hybridized carbons (Fsp3) is 0.111. The van der Waals surface area contributed by atoms with E-state index in [2.05, 4.69) is 0 Å². The van der Waals surface area contributed by atoms with E-state index in [1.165, 1.54) is 12.1 Å². The molecule has 3 aromatic carbocycles. The standard InChI is InChI=1S/C18H13Cl2F/c1-11-8-12(10-13(21)9-11)18(20)16-6-7-17(19)15-5-3-2-4-14(15)16/h2-10,18H,1H3. The summed E-state index contributed by atoms with van der Waals surface area (Å²) in [6.45, 7) is 1.86. The van der Waals surface area contributed by atoms with Crippen molar-refractivity contribution in [1.29, 1.82) is 0 Å². The van der Waals surface area contributed by atoms with Crippen LogP contribution in [0.1, 0.15) is 22.1 Å². The topological polar surface area (TPSA) is 0 Å². The van der Waals surface area contributed by atoms with Crippen LogP contribution in [0.15, 0.2) is 54.6 Å². The molecule has 3 aromatic rings. The van der Waals surface area contributed by atoms with Gasteiger partial charge in [0.25, 0.3) is 0 Å². The van der Waals surface area contributed by atoms with E-state index in [0.717, 1.165) is 27.5 Å². The highest BCUT2D eigenvalue weighted by Crippen LogP contribution is 2.36. The number of rotatable bonds is 2. The molecule has 0 aliphatic carbocycles. The Hall–Kier alpha value is -1.57. The summed E-state index contributed by atoms with van der Waals surface area (Å²) in [6, 6.07) is 16.4. The van der Waals surface area contributed by atoms with Gasteiger partial charge in [-0.1, -0.05) is 48.0 Å². The Labute approximate surface area is 133 Å². The van der Waals surface area contributed by atoms with E-state index in [9.17, 15) is 4.39 Å². The van der Waals surface area contributed by atoms with Gasteiger partial charge in [0, 0.05) is 10.4 Å². The lowest BCUT2D eigenvalue weighted by Gasteiger charge is -2.15. The average Bonchev–Trinajstić information content (AvgIpc) is 2.46. The molecule has 0 spiro atoms. The molecule has 21 heavy (non-hydrogen) atoms. The van der Waals surface area contributed by atoms with E-state index < -0.39 is 5.38 Å². The van der Waals surface area contributed by atoms with Crippen LogP contribution in [0.3, 0.4) is 0 Å². The summed E-state index contributed by atoms with van der Waals surface area (Å²) in [6.07, 6.45) is 0. The summed E-state index contributed by atoms with van der Waals surface area (Å²) in [5.74, 6) is -0.270. The van der Waals surface area contributed by atoms with E-state index in [1.807, 2.05) is 49.4 Å². The molecule has 0 N–H and O–H groups in total. The Balaban J connectivity index is 2.18. The van der Waals surface area contributed by atoms with E-state index in [1.54, 1.807) is 0 Å². The number of hydrogen-bond acceptors (Lipinski definition) is 0. The molecule has 0 heterocycles. The van der Waals surface area contributed by atoms with Crippen molar-refractivity contribution in [1.82, 2.24) is 0 Å². The lowest BCUT2D eigenvalue weighted by Crippen LogP contribution is -1.96. The average molecular weight is 319 g/mol. The fourth-order valence-corrected chi connectivity index (χ4v) is 3.14. The molecule has 0 bridgehead atoms. The number of halogens is 3. The minimum Gasteiger partial charge on any atom is -0.207 e. The molecule has 1 unspecified atom stereocenters. The molecule has 106 valence electrons. The molecular formula is C18H13Cl2F. The summed E-state index contributed by atoms with van der Waals surface area (Å²) in [7, 11) is 0. The number of fused-ring (bicyclic) bond motifs is 1. The van der Waals surface area contributed by atoms with Crippen LogP contribution in [0.2, 0.25) is 5.02 Å². The van der Waals surface area contributed by atoms with Crippen LogP contribution >= 0.6 is 23.2 Å². The predicted molar refractivity (Wildman–Crippen MR) is 87.8 cm³/mol. The highest BCUT2D eigenvalue weighted by Gasteiger charge is 2.16. The van der Waals surface area contributed by atoms with Crippen molar-refractivity contribution in [3.8, 4) is 0 Å². The largest absolute Gasteiger partial charge is 0.207 e. The minimum atomic E-state index is -0.415. The lowest BCUT2D eigenvalue weighted by molar-refractivity contribution is 0.624. The number of alkyl halides is 1. The minimum absolute atomic E-state index is 0.270. The first-order valence-electron chi connectivity index (χ1n) is 6.64. The maximum absolute atomic E-state index is 13.6. The van der Waals surface area contributed by atoms with Gasteiger partial charge in [-0.3, -0.25) is 0 Å². The van der Waals surface area contributed by atoms with Gasteiger partial charge in [-0.2, -0.15) is 0 Å². The van der Waals surface area contributed by atoms with Gasteiger partial charge in [0.05, 0.1) is 5.38 Å². The molecule has 0 aliphatic heterocycles. The van der Waals surface area contributed by atoms with Gasteiger partial charge in [-0.25, -0.2) is 4.39 Å². The molecule has 0 nitrogen and oxygen atoms in total. The van der Waals surface area contributed by atoms with Crippen molar-refractivity contribution in [2.24, 2.45) is 0 Å². The van der Waals surface area contributed by atoms with E-state index >= 15 is 0 Å². The molecule has 0 saturated carbocycles. The Morgan fingerprint density at radius 1 is 0.952 bits per heavy atom. The van der Waals surface area contributed by atoms with Crippen molar-refractivity contribution in [2.75, 3.05) is 0 Å². The summed E-state index contributed by atoms with van der Waals surface area (Å²) in [4.78, 5) is 0. The smallest absolute Gasteiger partial charge is 0.123 e. The molecule has 0 aliphatic rings. The van der Waals surface area contributed by atoms with Crippen molar-refractivity contribution in [3.05, 3.63) is 82.1 Å². The van der Waals surface area contributed by atoms with Crippen LogP contribution in [0.25, 0.3) is 10.8 Å². The molecule has 0 aromatic heterocycles. The van der Waals surface area contributed by atoms with Crippen molar-refractivity contribution < 1.29 is 4.39 Å². The zero-order chi connectivity index (χ0) is 15.0. The highest BCUT2D eigenvalue weighted by atomic mass is 35.5. The summed E-state index contributed by atoms with van der Waals surface area (Å²) < 4.78 is 13.6. The van der Waals surface area contributed by atoms with Crippen LogP contribution in [0.4, 0.5) is 4.39 Å². The SMILES string of the molecule is Cc1cc(F)cc(C(Cl)c2ccc(Cl)c3ccccc23)c1. The molecule has 3 rings (SSSR count). The zero-order valence-corrected chi connectivity index (χ0v) is 12.9. The normalized spacial score (nSPS) is 12.6. The van der Waals surface area contributed by atoms with E-state index in [0.29, 0.717) is 5.02 Å². The summed E-state index contributed by atoms with van der Waals surface area (Å²) in [5, 5.41) is 2.22. The molecule has 1 atom stereocenters. The Morgan fingerprint density at radius 2 is 1.67 bits per heavy atom. The molecular weight excluding hydrogens is 306 g/mol. The first-order valence-corrected chi connectivity index (χ1v) is 7.46. The fourth-order valence-electron chi connectivity index (χ4n) is 2.60. The van der Waals surface area contributed by atoms with Crippen LogP contribution in [0.5, 0.6) is 0 Å². The monoisotopic (exact) mass is 318 g/mol. The number of hydrogen-bond donors (Lipinski definition) is 0. The summed E-state index contributed by atoms with van der Waals surface area (Å²) >= 11 is 12.8. The van der Waals surface area contributed by atoms with Gasteiger partial charge >= 0.3 is 0 Å². The van der Waals surface area contributed by atoms with E-state index in [4.69, 9.17) is 23.2 Å². The van der Waals surface area contributed by atoms with Gasteiger partial charge in [-0.15, -0.1) is 11.6 Å². The van der Waals surface area contributed by atoms with Crippen LogP contribution in [-0.2, 0) is 0 Å². The lowest BCUT2D eigenvalue weighted by atomic mass is 9.97. The van der Waals surface area contributed by atoms with Crippen molar-refractivity contribution >= 4 is 34.0 Å². The van der Waals surface area contributed by atoms with Gasteiger partial charge in [0.2, 0.25) is 0 Å². The summed E-state index contributed by atoms with van der Waals surface area (Å²) in [5.41, 5.74) is 2.54. The number of aryl methyl sites for hydroxylation is 1. The quantitative estimate of drug-likeness (QED) is 0.488. The predicted octanol–water partition coefficient (Wildman–Crippen LogP) is 6.27. The number of benzene rings is 3. The van der Waals surface area contributed by atoms with Crippen molar-refractivity contribution in [3.63, 3.8) is 0 Å². The van der Waals surface area contributed by atoms with Crippen molar-refractivity contribution in [2.45, 2.75) is 12.3 Å². The molecule has 3 heteroatoms. The first-order chi connectivity index (χ1) is 10.1. The second-order valence-electron chi connectivity index (χ2n) is 5.11. The van der Waals surface area contributed by atoms with Gasteiger partial charge in [0.1, 0.15) is 5.82 Å². The van der Waals surface area contributed by atoms with Crippen LogP contribution in [0, 0.1) is 12.7 Å². The first kappa shape index (κ1) is 14.4. The third kappa shape index (κ3) is 2.76. The third-order valence-corrected chi connectivity index (χ3v) is 4.35.